The zero-order valence-electron chi connectivity index (χ0n) is 15.8. The van der Waals surface area contributed by atoms with E-state index >= 15 is 0 Å². The summed E-state index contributed by atoms with van der Waals surface area (Å²) in [5, 5.41) is 0. The summed E-state index contributed by atoms with van der Waals surface area (Å²) < 4.78 is 49.8. The Morgan fingerprint density at radius 1 is 1.26 bits per heavy atom. The normalized spacial score (nSPS) is 21.5. The van der Waals surface area contributed by atoms with Crippen molar-refractivity contribution in [1.29, 1.82) is 0 Å². The number of carbonyl (C=O) groups excluding carboxylic acids is 1. The van der Waals surface area contributed by atoms with E-state index in [1.807, 2.05) is 6.92 Å². The molecule has 27 heavy (non-hydrogen) atoms. The van der Waals surface area contributed by atoms with Crippen LogP contribution >= 0.6 is 0 Å². The summed E-state index contributed by atoms with van der Waals surface area (Å²) in [5.41, 5.74) is -0.889. The molecular formula is C19H23F3N2O3. The third-order valence-electron chi connectivity index (χ3n) is 4.59. The maximum Gasteiger partial charge on any atom is 0.416 e. The second kappa shape index (κ2) is 6.73. The summed E-state index contributed by atoms with van der Waals surface area (Å²) in [6.45, 7) is 7.71. The van der Waals surface area contributed by atoms with E-state index in [4.69, 9.17) is 9.15 Å². The molecule has 2 heterocycles. The first-order valence-corrected chi connectivity index (χ1v) is 8.91. The number of halogens is 3. The lowest BCUT2D eigenvalue weighted by atomic mass is 9.94. The van der Waals surface area contributed by atoms with Crippen molar-refractivity contribution in [3.05, 3.63) is 29.7 Å². The van der Waals surface area contributed by atoms with Crippen molar-refractivity contribution in [3.63, 3.8) is 0 Å². The number of alkyl halides is 3. The summed E-state index contributed by atoms with van der Waals surface area (Å²) in [6, 6.07) is 3.26. The Kier molecular flexibility index (Phi) is 4.86. The van der Waals surface area contributed by atoms with Crippen molar-refractivity contribution < 1.29 is 27.1 Å². The number of carbonyl (C=O) groups is 1. The van der Waals surface area contributed by atoms with Gasteiger partial charge in [0.25, 0.3) is 0 Å². The number of aromatic nitrogens is 1. The summed E-state index contributed by atoms with van der Waals surface area (Å²) >= 11 is 0. The molecule has 0 spiro atoms. The van der Waals surface area contributed by atoms with Gasteiger partial charge >= 0.3 is 12.3 Å². The van der Waals surface area contributed by atoms with Gasteiger partial charge in [-0.3, -0.25) is 0 Å². The number of likely N-dealkylation sites (tertiary alicyclic amines) is 1. The maximum absolute atomic E-state index is 12.9. The lowest BCUT2D eigenvalue weighted by Gasteiger charge is -2.37. The van der Waals surface area contributed by atoms with Crippen LogP contribution in [0.15, 0.2) is 22.6 Å². The van der Waals surface area contributed by atoms with Gasteiger partial charge in [-0.15, -0.1) is 0 Å². The van der Waals surface area contributed by atoms with Crippen LogP contribution in [0.5, 0.6) is 0 Å². The molecule has 1 fully saturated rings. The quantitative estimate of drug-likeness (QED) is 0.665. The Balaban J connectivity index is 1.82. The second-order valence-corrected chi connectivity index (χ2v) is 7.99. The van der Waals surface area contributed by atoms with Crippen LogP contribution in [0, 0.1) is 0 Å². The number of hydrogen-bond donors (Lipinski definition) is 0. The highest BCUT2D eigenvalue weighted by Gasteiger charge is 2.35. The minimum absolute atomic E-state index is 0.0114. The summed E-state index contributed by atoms with van der Waals surface area (Å²) in [5.74, 6) is 0.167. The first-order valence-electron chi connectivity index (χ1n) is 8.91. The number of nitrogens with zero attached hydrogens (tertiary/aromatic N) is 2. The van der Waals surface area contributed by atoms with Crippen molar-refractivity contribution in [2.45, 2.75) is 64.3 Å². The van der Waals surface area contributed by atoms with Gasteiger partial charge in [-0.1, -0.05) is 0 Å². The van der Waals surface area contributed by atoms with Crippen LogP contribution in [0.1, 0.15) is 57.9 Å². The molecule has 1 aliphatic heterocycles. The van der Waals surface area contributed by atoms with E-state index in [0.717, 1.165) is 25.0 Å². The number of hydrogen-bond acceptors (Lipinski definition) is 4. The minimum Gasteiger partial charge on any atom is -0.444 e. The van der Waals surface area contributed by atoms with Gasteiger partial charge in [-0.2, -0.15) is 13.2 Å². The number of piperidine rings is 1. The first kappa shape index (κ1) is 19.5. The van der Waals surface area contributed by atoms with Crippen molar-refractivity contribution in [3.8, 4) is 0 Å². The highest BCUT2D eigenvalue weighted by atomic mass is 19.4. The van der Waals surface area contributed by atoms with E-state index in [1.165, 1.54) is 6.07 Å². The Morgan fingerprint density at radius 3 is 2.59 bits per heavy atom. The molecule has 1 amide bonds. The van der Waals surface area contributed by atoms with Crippen LogP contribution in [0.2, 0.25) is 0 Å². The van der Waals surface area contributed by atoms with Crippen LogP contribution in [0.3, 0.4) is 0 Å². The van der Waals surface area contributed by atoms with E-state index in [0.29, 0.717) is 18.0 Å². The van der Waals surface area contributed by atoms with Crippen molar-refractivity contribution in [2.75, 3.05) is 6.54 Å². The van der Waals surface area contributed by atoms with E-state index in [-0.39, 0.29) is 17.5 Å². The third kappa shape index (κ3) is 4.36. The number of ether oxygens (including phenoxy) is 1. The molecule has 148 valence electrons. The zero-order valence-corrected chi connectivity index (χ0v) is 15.8. The van der Waals surface area contributed by atoms with Crippen LogP contribution in [-0.2, 0) is 10.9 Å². The van der Waals surface area contributed by atoms with Crippen LogP contribution in [-0.4, -0.2) is 34.2 Å². The SMILES string of the molecule is C[C@@H]1CCC(c2nc3cc(C(F)(F)F)ccc3o2)CN1C(=O)OC(C)(C)C. The Labute approximate surface area is 155 Å². The van der Waals surface area contributed by atoms with Gasteiger partial charge < -0.3 is 14.1 Å². The summed E-state index contributed by atoms with van der Waals surface area (Å²) in [6.07, 6.45) is -3.37. The molecule has 0 aliphatic carbocycles. The largest absolute Gasteiger partial charge is 0.444 e. The van der Waals surface area contributed by atoms with Crippen molar-refractivity contribution in [2.24, 2.45) is 0 Å². The van der Waals surface area contributed by atoms with Gasteiger partial charge in [-0.05, 0) is 58.7 Å². The molecule has 1 aromatic carbocycles. The van der Waals surface area contributed by atoms with E-state index < -0.39 is 23.4 Å². The molecule has 1 unspecified atom stereocenters. The fourth-order valence-corrected chi connectivity index (χ4v) is 3.18. The molecular weight excluding hydrogens is 361 g/mol. The number of fused-ring (bicyclic) bond motifs is 1. The Morgan fingerprint density at radius 2 is 1.96 bits per heavy atom. The van der Waals surface area contributed by atoms with Gasteiger partial charge in [0.1, 0.15) is 11.1 Å². The van der Waals surface area contributed by atoms with E-state index in [2.05, 4.69) is 4.98 Å². The molecule has 1 aromatic heterocycles. The number of rotatable bonds is 1. The molecule has 2 atom stereocenters. The molecule has 5 nitrogen and oxygen atoms in total. The topological polar surface area (TPSA) is 55.6 Å². The highest BCUT2D eigenvalue weighted by molar-refractivity contribution is 5.74. The minimum atomic E-state index is -4.43. The molecule has 3 rings (SSSR count). The monoisotopic (exact) mass is 384 g/mol. The van der Waals surface area contributed by atoms with Gasteiger partial charge in [-0.25, -0.2) is 9.78 Å². The van der Waals surface area contributed by atoms with Gasteiger partial charge in [0.15, 0.2) is 11.5 Å². The average molecular weight is 384 g/mol. The highest BCUT2D eigenvalue weighted by Crippen LogP contribution is 2.35. The summed E-state index contributed by atoms with van der Waals surface area (Å²) in [7, 11) is 0. The molecule has 0 radical (unpaired) electrons. The van der Waals surface area contributed by atoms with Gasteiger partial charge in [0.2, 0.25) is 0 Å². The molecule has 1 aliphatic rings. The fourth-order valence-electron chi connectivity index (χ4n) is 3.18. The van der Waals surface area contributed by atoms with Gasteiger partial charge in [0, 0.05) is 12.6 Å². The predicted octanol–water partition coefficient (Wildman–Crippen LogP) is 5.35. The molecule has 1 saturated heterocycles. The Bertz CT molecular complexity index is 839. The molecule has 2 aromatic rings. The smallest absolute Gasteiger partial charge is 0.416 e. The van der Waals surface area contributed by atoms with Crippen LogP contribution < -0.4 is 0 Å². The number of amides is 1. The van der Waals surface area contributed by atoms with Crippen molar-refractivity contribution in [1.82, 2.24) is 9.88 Å². The van der Waals surface area contributed by atoms with Crippen molar-refractivity contribution >= 4 is 17.2 Å². The lowest BCUT2D eigenvalue weighted by Crippen LogP contribution is -2.47. The van der Waals surface area contributed by atoms with Crippen LogP contribution in [0.4, 0.5) is 18.0 Å². The third-order valence-corrected chi connectivity index (χ3v) is 4.59. The number of oxazole rings is 1. The molecule has 0 saturated carbocycles. The number of benzene rings is 1. The first-order chi connectivity index (χ1) is 12.4. The predicted molar refractivity (Wildman–Crippen MR) is 93.4 cm³/mol. The molecule has 0 N–H and O–H groups in total. The maximum atomic E-state index is 12.9. The van der Waals surface area contributed by atoms with Crippen LogP contribution in [0.25, 0.3) is 11.1 Å². The standard InChI is InChI=1S/C19H23F3N2O3/c1-11-5-6-12(10-24(11)17(25)27-18(2,3)4)16-23-14-9-13(19(20,21)22)7-8-15(14)26-16/h7-9,11-12H,5-6,10H2,1-4H3/t11-,12?/m1/s1. The average Bonchev–Trinajstić information content (AvgIpc) is 2.95. The van der Waals surface area contributed by atoms with Gasteiger partial charge in [0.05, 0.1) is 11.5 Å². The fraction of sp³-hybridized carbons (Fsp3) is 0.579. The molecule has 0 bridgehead atoms. The zero-order chi connectivity index (χ0) is 20.0. The summed E-state index contributed by atoms with van der Waals surface area (Å²) in [4.78, 5) is 18.3. The van der Waals surface area contributed by atoms with E-state index in [1.54, 1.807) is 25.7 Å². The lowest BCUT2D eigenvalue weighted by molar-refractivity contribution is -0.137. The Hall–Kier alpha value is -2.25. The second-order valence-electron chi connectivity index (χ2n) is 7.99. The molecule has 8 heteroatoms. The van der Waals surface area contributed by atoms with E-state index in [9.17, 15) is 18.0 Å².